The molecule has 404 valence electrons. The van der Waals surface area contributed by atoms with Crippen LogP contribution >= 0.6 is 0 Å². The maximum atomic E-state index is 12.8. The molecule has 0 aliphatic heterocycles. The van der Waals surface area contributed by atoms with E-state index in [2.05, 4.69) is 130 Å². The minimum absolute atomic E-state index is 0.0939. The van der Waals surface area contributed by atoms with Gasteiger partial charge in [0.25, 0.3) is 0 Å². The predicted molar refractivity (Wildman–Crippen MR) is 307 cm³/mol. The maximum Gasteiger partial charge on any atom is 0.306 e. The Morgan fingerprint density at radius 3 is 0.901 bits per heavy atom. The van der Waals surface area contributed by atoms with Crippen molar-refractivity contribution in [1.29, 1.82) is 0 Å². The van der Waals surface area contributed by atoms with E-state index < -0.39 is 6.10 Å². The Labute approximate surface area is 438 Å². The second-order valence-electron chi connectivity index (χ2n) is 19.2. The van der Waals surface area contributed by atoms with E-state index in [0.29, 0.717) is 19.3 Å². The highest BCUT2D eigenvalue weighted by Crippen LogP contribution is 2.14. The highest BCUT2D eigenvalue weighted by Gasteiger charge is 2.19. The van der Waals surface area contributed by atoms with Gasteiger partial charge < -0.3 is 14.2 Å². The largest absolute Gasteiger partial charge is 0.462 e. The molecule has 1 atom stereocenters. The van der Waals surface area contributed by atoms with E-state index in [1.807, 2.05) is 0 Å². The molecule has 0 saturated carbocycles. The van der Waals surface area contributed by atoms with Crippen molar-refractivity contribution in [3.05, 3.63) is 109 Å². The fraction of sp³-hybridized carbons (Fsp3) is 0.677. The number of allylic oxidation sites excluding steroid dienone is 18. The molecule has 0 aliphatic rings. The van der Waals surface area contributed by atoms with Gasteiger partial charge in [0.05, 0.1) is 0 Å². The van der Waals surface area contributed by atoms with E-state index in [4.69, 9.17) is 14.2 Å². The molecular weight excluding hydrogens is 877 g/mol. The zero-order chi connectivity index (χ0) is 51.4. The van der Waals surface area contributed by atoms with Crippen LogP contribution in [0.3, 0.4) is 0 Å². The summed E-state index contributed by atoms with van der Waals surface area (Å²) in [5.74, 6) is -0.930. The molecule has 0 aromatic rings. The van der Waals surface area contributed by atoms with Crippen molar-refractivity contribution >= 4 is 17.9 Å². The lowest BCUT2D eigenvalue weighted by Gasteiger charge is -2.18. The summed E-state index contributed by atoms with van der Waals surface area (Å²) >= 11 is 0. The molecule has 0 N–H and O–H groups in total. The Bertz CT molecular complexity index is 1460. The summed E-state index contributed by atoms with van der Waals surface area (Å²) < 4.78 is 16.8. The van der Waals surface area contributed by atoms with Crippen LogP contribution in [-0.2, 0) is 28.6 Å². The minimum Gasteiger partial charge on any atom is -0.462 e. The first-order chi connectivity index (χ1) is 35.0. The number of hydrogen-bond acceptors (Lipinski definition) is 6. The van der Waals surface area contributed by atoms with Crippen molar-refractivity contribution in [3.8, 4) is 0 Å². The van der Waals surface area contributed by atoms with Gasteiger partial charge in [0.15, 0.2) is 6.10 Å². The molecule has 6 nitrogen and oxygen atoms in total. The van der Waals surface area contributed by atoms with Crippen molar-refractivity contribution in [1.82, 2.24) is 0 Å². The molecule has 6 heteroatoms. The molecule has 0 spiro atoms. The Hall–Kier alpha value is -3.93. The van der Waals surface area contributed by atoms with Gasteiger partial charge in [-0.15, -0.1) is 0 Å². The van der Waals surface area contributed by atoms with Crippen LogP contribution in [0.5, 0.6) is 0 Å². The molecule has 71 heavy (non-hydrogen) atoms. The molecule has 0 heterocycles. The zero-order valence-corrected chi connectivity index (χ0v) is 46.2. The van der Waals surface area contributed by atoms with E-state index in [1.54, 1.807) is 0 Å². The minimum atomic E-state index is -0.797. The van der Waals surface area contributed by atoms with Crippen molar-refractivity contribution in [2.45, 2.75) is 271 Å². The van der Waals surface area contributed by atoms with Crippen LogP contribution in [0.4, 0.5) is 0 Å². The highest BCUT2D eigenvalue weighted by atomic mass is 16.6. The summed E-state index contributed by atoms with van der Waals surface area (Å²) in [5, 5.41) is 0. The Morgan fingerprint density at radius 2 is 0.549 bits per heavy atom. The first-order valence-corrected chi connectivity index (χ1v) is 29.4. The molecule has 0 rings (SSSR count). The average Bonchev–Trinajstić information content (AvgIpc) is 3.37. The topological polar surface area (TPSA) is 78.9 Å². The molecule has 0 bridgehead atoms. The number of carbonyl (C=O) groups excluding carboxylic acids is 3. The Morgan fingerprint density at radius 1 is 0.296 bits per heavy atom. The molecule has 0 aliphatic carbocycles. The summed E-state index contributed by atoms with van der Waals surface area (Å²) in [6, 6.07) is 0. The SMILES string of the molecule is CC/C=C\C/C=C\C/C=C\C/C=C\C/C=C\C/C=C\CCCCCCCCC(=O)OCC(COC(=O)CCCCCCC/C=C\CCCCCC)OC(=O)CCCCCCC/C=C\C/C=C\CCCCC. The van der Waals surface area contributed by atoms with E-state index in [9.17, 15) is 14.4 Å². The molecule has 0 fully saturated rings. The van der Waals surface area contributed by atoms with Gasteiger partial charge in [-0.1, -0.05) is 226 Å². The standard InChI is InChI=1S/C65H108O6/c1-4-7-10-13-16-19-22-25-27-28-29-30-31-32-33-34-35-36-38-40-43-46-49-52-55-58-64(67)70-61-62(60-69-63(66)57-54-51-48-45-42-39-24-21-18-15-12-9-6-3)71-65(68)59-56-53-50-47-44-41-37-26-23-20-17-14-11-8-5-2/h7,10,16-17,19-21,24-27,29-30,32-33,35-37,62H,4-6,8-9,11-15,18,22-23,28,31,34,38-61H2,1-3H3/b10-7-,19-16-,20-17-,24-21-,27-25-,30-29-,33-32-,36-35-,37-26-. The molecular formula is C65H108O6. The van der Waals surface area contributed by atoms with Gasteiger partial charge in [0, 0.05) is 19.3 Å². The van der Waals surface area contributed by atoms with Crippen molar-refractivity contribution in [2.75, 3.05) is 13.2 Å². The summed E-state index contributed by atoms with van der Waals surface area (Å²) in [7, 11) is 0. The summed E-state index contributed by atoms with van der Waals surface area (Å²) in [6.07, 6.45) is 79.3. The number of ether oxygens (including phenoxy) is 3. The smallest absolute Gasteiger partial charge is 0.306 e. The second-order valence-corrected chi connectivity index (χ2v) is 19.2. The number of hydrogen-bond donors (Lipinski definition) is 0. The fourth-order valence-corrected chi connectivity index (χ4v) is 7.82. The van der Waals surface area contributed by atoms with E-state index in [-0.39, 0.29) is 31.1 Å². The fourth-order valence-electron chi connectivity index (χ4n) is 7.82. The van der Waals surface area contributed by atoms with Crippen LogP contribution in [-0.4, -0.2) is 37.2 Å². The zero-order valence-electron chi connectivity index (χ0n) is 46.2. The highest BCUT2D eigenvalue weighted by molar-refractivity contribution is 5.71. The van der Waals surface area contributed by atoms with Gasteiger partial charge in [-0.3, -0.25) is 14.4 Å². The van der Waals surface area contributed by atoms with Crippen LogP contribution in [0.15, 0.2) is 109 Å². The maximum absolute atomic E-state index is 12.8. The lowest BCUT2D eigenvalue weighted by atomic mass is 10.1. The van der Waals surface area contributed by atoms with E-state index >= 15 is 0 Å². The van der Waals surface area contributed by atoms with Crippen molar-refractivity contribution < 1.29 is 28.6 Å². The number of esters is 3. The lowest BCUT2D eigenvalue weighted by molar-refractivity contribution is -0.167. The third-order valence-corrected chi connectivity index (χ3v) is 12.2. The number of carbonyl (C=O) groups is 3. The summed E-state index contributed by atoms with van der Waals surface area (Å²) in [6.45, 7) is 6.45. The molecule has 0 aromatic heterocycles. The van der Waals surface area contributed by atoms with Gasteiger partial charge in [-0.2, -0.15) is 0 Å². The first-order valence-electron chi connectivity index (χ1n) is 29.4. The van der Waals surface area contributed by atoms with Gasteiger partial charge >= 0.3 is 17.9 Å². The van der Waals surface area contributed by atoms with Crippen LogP contribution in [0.25, 0.3) is 0 Å². The Balaban J connectivity index is 4.39. The third-order valence-electron chi connectivity index (χ3n) is 12.2. The second kappa shape index (κ2) is 58.6. The third kappa shape index (κ3) is 56.9. The quantitative estimate of drug-likeness (QED) is 0.0261. The lowest BCUT2D eigenvalue weighted by Crippen LogP contribution is -2.30. The molecule has 0 amide bonds. The normalized spacial score (nSPS) is 12.9. The van der Waals surface area contributed by atoms with Crippen molar-refractivity contribution in [3.63, 3.8) is 0 Å². The van der Waals surface area contributed by atoms with Crippen molar-refractivity contribution in [2.24, 2.45) is 0 Å². The number of unbranched alkanes of at least 4 members (excludes halogenated alkanes) is 23. The molecule has 0 aromatic carbocycles. The van der Waals surface area contributed by atoms with Gasteiger partial charge in [-0.25, -0.2) is 0 Å². The van der Waals surface area contributed by atoms with E-state index in [0.717, 1.165) is 141 Å². The summed E-state index contributed by atoms with van der Waals surface area (Å²) in [4.78, 5) is 38.2. The molecule has 0 saturated heterocycles. The number of rotatable bonds is 52. The van der Waals surface area contributed by atoms with Crippen LogP contribution in [0.1, 0.15) is 265 Å². The molecule has 1 unspecified atom stereocenters. The van der Waals surface area contributed by atoms with Gasteiger partial charge in [0.2, 0.25) is 0 Å². The van der Waals surface area contributed by atoms with Crippen LogP contribution in [0, 0.1) is 0 Å². The monoisotopic (exact) mass is 985 g/mol. The van der Waals surface area contributed by atoms with Gasteiger partial charge in [-0.05, 0) is 128 Å². The first kappa shape index (κ1) is 67.1. The Kier molecular flexibility index (Phi) is 55.4. The van der Waals surface area contributed by atoms with Gasteiger partial charge in [0.1, 0.15) is 13.2 Å². The predicted octanol–water partition coefficient (Wildman–Crippen LogP) is 19.9. The summed E-state index contributed by atoms with van der Waals surface area (Å²) in [5.41, 5.74) is 0. The average molecular weight is 986 g/mol. The van der Waals surface area contributed by atoms with Crippen LogP contribution in [0.2, 0.25) is 0 Å². The van der Waals surface area contributed by atoms with Crippen LogP contribution < -0.4 is 0 Å². The molecule has 0 radical (unpaired) electrons. The van der Waals surface area contributed by atoms with E-state index in [1.165, 1.54) is 83.5 Å².